The van der Waals surface area contributed by atoms with E-state index in [2.05, 4.69) is 41.5 Å². The van der Waals surface area contributed by atoms with Crippen molar-refractivity contribution in [2.75, 3.05) is 11.6 Å². The van der Waals surface area contributed by atoms with Gasteiger partial charge in [0.05, 0.1) is 10.6 Å². The predicted molar refractivity (Wildman–Crippen MR) is 119 cm³/mol. The highest BCUT2D eigenvalue weighted by Gasteiger charge is 2.17. The minimum atomic E-state index is -3.40. The van der Waals surface area contributed by atoms with Gasteiger partial charge >= 0.3 is 0 Å². The van der Waals surface area contributed by atoms with Crippen LogP contribution in [0.3, 0.4) is 0 Å². The van der Waals surface area contributed by atoms with Crippen molar-refractivity contribution in [2.45, 2.75) is 38.5 Å². The van der Waals surface area contributed by atoms with E-state index >= 15 is 0 Å². The molecule has 0 aliphatic carbocycles. The SMILES string of the molecule is CCCc1ccc(-c2nc(NC(=O)c3ccc(C)c(S(C)(=O)=O)c3)sc2C)cc1. The quantitative estimate of drug-likeness (QED) is 0.597. The minimum absolute atomic E-state index is 0.160. The molecule has 0 bridgehead atoms. The molecule has 0 spiro atoms. The van der Waals surface area contributed by atoms with Crippen LogP contribution in [0, 0.1) is 13.8 Å². The van der Waals surface area contributed by atoms with Gasteiger partial charge in [0.2, 0.25) is 0 Å². The number of anilines is 1. The maximum atomic E-state index is 12.6. The number of benzene rings is 2. The summed E-state index contributed by atoms with van der Waals surface area (Å²) in [6, 6.07) is 13.0. The van der Waals surface area contributed by atoms with Crippen molar-refractivity contribution in [3.05, 3.63) is 64.0 Å². The van der Waals surface area contributed by atoms with E-state index in [0.29, 0.717) is 10.7 Å². The Morgan fingerprint density at radius 3 is 2.41 bits per heavy atom. The molecule has 0 aliphatic heterocycles. The van der Waals surface area contributed by atoms with Gasteiger partial charge in [-0.2, -0.15) is 0 Å². The van der Waals surface area contributed by atoms with E-state index in [0.717, 1.165) is 35.2 Å². The molecule has 152 valence electrons. The summed E-state index contributed by atoms with van der Waals surface area (Å²) < 4.78 is 23.8. The van der Waals surface area contributed by atoms with Gasteiger partial charge < -0.3 is 0 Å². The smallest absolute Gasteiger partial charge is 0.257 e. The second kappa shape index (κ2) is 8.47. The van der Waals surface area contributed by atoms with Crippen molar-refractivity contribution < 1.29 is 13.2 Å². The first kappa shape index (κ1) is 21.2. The molecule has 7 heteroatoms. The molecule has 0 atom stereocenters. The van der Waals surface area contributed by atoms with E-state index in [-0.39, 0.29) is 16.4 Å². The van der Waals surface area contributed by atoms with Crippen LogP contribution in [0.1, 0.15) is 39.7 Å². The summed E-state index contributed by atoms with van der Waals surface area (Å²) in [6.45, 7) is 5.83. The predicted octanol–water partition coefficient (Wildman–Crippen LogP) is 5.04. The van der Waals surface area contributed by atoms with E-state index in [1.165, 1.54) is 23.0 Å². The zero-order valence-corrected chi connectivity index (χ0v) is 18.6. The zero-order chi connectivity index (χ0) is 21.2. The average Bonchev–Trinajstić information content (AvgIpc) is 3.02. The van der Waals surface area contributed by atoms with Gasteiger partial charge in [-0.3, -0.25) is 10.1 Å². The number of carbonyl (C=O) groups is 1. The second-order valence-electron chi connectivity index (χ2n) is 7.08. The summed E-state index contributed by atoms with van der Waals surface area (Å²) in [5.41, 5.74) is 4.04. The van der Waals surface area contributed by atoms with Crippen LogP contribution in [0.25, 0.3) is 11.3 Å². The van der Waals surface area contributed by atoms with Crippen molar-refractivity contribution in [2.24, 2.45) is 0 Å². The normalized spacial score (nSPS) is 11.4. The molecular weight excluding hydrogens is 404 g/mol. The van der Waals surface area contributed by atoms with Gasteiger partial charge in [0.15, 0.2) is 15.0 Å². The number of aromatic nitrogens is 1. The maximum absolute atomic E-state index is 12.6. The molecule has 0 aliphatic rings. The summed E-state index contributed by atoms with van der Waals surface area (Å²) in [4.78, 5) is 18.4. The van der Waals surface area contributed by atoms with Gasteiger partial charge in [-0.1, -0.05) is 43.7 Å². The third-order valence-corrected chi connectivity index (χ3v) is 6.76. The van der Waals surface area contributed by atoms with Crippen LogP contribution < -0.4 is 5.32 Å². The summed E-state index contributed by atoms with van der Waals surface area (Å²) in [5.74, 6) is -0.381. The van der Waals surface area contributed by atoms with Crippen LogP contribution >= 0.6 is 11.3 Å². The minimum Gasteiger partial charge on any atom is -0.298 e. The lowest BCUT2D eigenvalue weighted by Crippen LogP contribution is -2.13. The first-order valence-electron chi connectivity index (χ1n) is 9.38. The third-order valence-electron chi connectivity index (χ3n) is 4.63. The van der Waals surface area contributed by atoms with Gasteiger partial charge in [-0.15, -0.1) is 11.3 Å². The van der Waals surface area contributed by atoms with E-state index in [4.69, 9.17) is 0 Å². The molecule has 2 aromatic carbocycles. The van der Waals surface area contributed by atoms with Crippen LogP contribution in [-0.2, 0) is 16.3 Å². The summed E-state index contributed by atoms with van der Waals surface area (Å²) >= 11 is 1.40. The molecule has 0 saturated heterocycles. The first-order chi connectivity index (χ1) is 13.7. The summed E-state index contributed by atoms with van der Waals surface area (Å²) in [7, 11) is -3.40. The van der Waals surface area contributed by atoms with Gasteiger partial charge in [0.1, 0.15) is 0 Å². The molecule has 0 unspecified atom stereocenters. The van der Waals surface area contributed by atoms with E-state index < -0.39 is 9.84 Å². The van der Waals surface area contributed by atoms with Crippen LogP contribution in [0.2, 0.25) is 0 Å². The van der Waals surface area contributed by atoms with Crippen molar-refractivity contribution in [1.29, 1.82) is 0 Å². The Bertz CT molecular complexity index is 1150. The molecule has 0 fully saturated rings. The number of hydrogen-bond donors (Lipinski definition) is 1. The van der Waals surface area contributed by atoms with Gasteiger partial charge in [-0.05, 0) is 43.5 Å². The Morgan fingerprint density at radius 2 is 1.79 bits per heavy atom. The van der Waals surface area contributed by atoms with Gasteiger partial charge in [-0.25, -0.2) is 13.4 Å². The molecule has 0 radical (unpaired) electrons. The molecule has 0 saturated carbocycles. The maximum Gasteiger partial charge on any atom is 0.257 e. The summed E-state index contributed by atoms with van der Waals surface area (Å²) in [6.07, 6.45) is 3.29. The van der Waals surface area contributed by atoms with Crippen LogP contribution in [0.15, 0.2) is 47.4 Å². The molecule has 1 N–H and O–H groups in total. The first-order valence-corrected chi connectivity index (χ1v) is 12.1. The second-order valence-corrected chi connectivity index (χ2v) is 10.3. The van der Waals surface area contributed by atoms with Crippen LogP contribution in [0.5, 0.6) is 0 Å². The molecule has 3 rings (SSSR count). The van der Waals surface area contributed by atoms with Gasteiger partial charge in [0, 0.05) is 22.3 Å². The topological polar surface area (TPSA) is 76.1 Å². The van der Waals surface area contributed by atoms with Crippen LogP contribution in [0.4, 0.5) is 5.13 Å². The van der Waals surface area contributed by atoms with Crippen molar-refractivity contribution in [3.63, 3.8) is 0 Å². The summed E-state index contributed by atoms with van der Waals surface area (Å²) in [5, 5.41) is 3.28. The highest BCUT2D eigenvalue weighted by Crippen LogP contribution is 2.31. The Labute approximate surface area is 175 Å². The number of amides is 1. The fourth-order valence-electron chi connectivity index (χ4n) is 3.15. The standard InChI is InChI=1S/C22H24N2O3S2/c1-5-6-16-8-11-17(12-9-16)20-15(3)28-22(23-20)24-21(25)18-10-7-14(2)19(13-18)29(4,26)27/h7-13H,5-6H2,1-4H3,(H,23,24,25). The fraction of sp³-hybridized carbons (Fsp3) is 0.273. The Balaban J connectivity index is 1.83. The highest BCUT2D eigenvalue weighted by atomic mass is 32.2. The number of carbonyl (C=O) groups excluding carboxylic acids is 1. The van der Waals surface area contributed by atoms with Crippen molar-refractivity contribution in [3.8, 4) is 11.3 Å². The Kier molecular flexibility index (Phi) is 6.19. The Hall–Kier alpha value is -2.51. The molecule has 3 aromatic rings. The number of nitrogens with zero attached hydrogens (tertiary/aromatic N) is 1. The molecule has 1 amide bonds. The number of rotatable bonds is 6. The van der Waals surface area contributed by atoms with Crippen molar-refractivity contribution in [1.82, 2.24) is 4.98 Å². The Morgan fingerprint density at radius 1 is 1.10 bits per heavy atom. The van der Waals surface area contributed by atoms with E-state index in [1.807, 2.05) is 6.92 Å². The van der Waals surface area contributed by atoms with Crippen LogP contribution in [-0.4, -0.2) is 25.6 Å². The molecule has 1 aromatic heterocycles. The number of thiazole rings is 1. The third kappa shape index (κ3) is 4.92. The monoisotopic (exact) mass is 428 g/mol. The molecular formula is C22H24N2O3S2. The number of hydrogen-bond acceptors (Lipinski definition) is 5. The van der Waals surface area contributed by atoms with E-state index in [9.17, 15) is 13.2 Å². The zero-order valence-electron chi connectivity index (χ0n) is 16.9. The van der Waals surface area contributed by atoms with Gasteiger partial charge in [0.25, 0.3) is 5.91 Å². The molecule has 5 nitrogen and oxygen atoms in total. The lowest BCUT2D eigenvalue weighted by molar-refractivity contribution is 0.102. The largest absolute Gasteiger partial charge is 0.298 e. The lowest BCUT2D eigenvalue weighted by atomic mass is 10.1. The molecule has 1 heterocycles. The fourth-order valence-corrected chi connectivity index (χ4v) is 4.97. The van der Waals surface area contributed by atoms with E-state index in [1.54, 1.807) is 19.1 Å². The highest BCUT2D eigenvalue weighted by molar-refractivity contribution is 7.90. The number of nitrogens with one attached hydrogen (secondary N) is 1. The average molecular weight is 429 g/mol. The van der Waals surface area contributed by atoms with Crippen molar-refractivity contribution >= 4 is 32.2 Å². The lowest BCUT2D eigenvalue weighted by Gasteiger charge is -2.07. The molecule has 29 heavy (non-hydrogen) atoms. The number of sulfone groups is 1. The number of aryl methyl sites for hydroxylation is 3.